The van der Waals surface area contributed by atoms with E-state index in [1.165, 1.54) is 57.8 Å². The standard InChI is InChI=1S/C17H30N2O2/c1-3-4-5-6-7-8-9-10-11-12-13-19-14-16(17(20)21)15(2)18-19/h14H,3-13H2,1-2H3,(H,20,21). The van der Waals surface area contributed by atoms with Crippen LogP contribution in [0.25, 0.3) is 0 Å². The molecule has 1 N–H and O–H groups in total. The number of hydrogen-bond acceptors (Lipinski definition) is 2. The molecule has 0 fully saturated rings. The zero-order chi connectivity index (χ0) is 15.5. The first-order valence-corrected chi connectivity index (χ1v) is 8.42. The summed E-state index contributed by atoms with van der Waals surface area (Å²) < 4.78 is 1.77. The predicted octanol–water partition coefficient (Wildman–Crippen LogP) is 4.81. The van der Waals surface area contributed by atoms with Gasteiger partial charge >= 0.3 is 5.97 Å². The lowest BCUT2D eigenvalue weighted by atomic mass is 10.1. The minimum Gasteiger partial charge on any atom is -0.478 e. The summed E-state index contributed by atoms with van der Waals surface area (Å²) in [6, 6.07) is 0. The lowest BCUT2D eigenvalue weighted by Crippen LogP contribution is -1.99. The van der Waals surface area contributed by atoms with Gasteiger partial charge in [0.25, 0.3) is 0 Å². The van der Waals surface area contributed by atoms with Gasteiger partial charge in [0, 0.05) is 12.7 Å². The van der Waals surface area contributed by atoms with Crippen molar-refractivity contribution >= 4 is 5.97 Å². The molecule has 4 nitrogen and oxygen atoms in total. The number of unbranched alkanes of at least 4 members (excludes halogenated alkanes) is 9. The molecule has 1 heterocycles. The molecule has 0 aliphatic carbocycles. The second kappa shape index (κ2) is 10.4. The predicted molar refractivity (Wildman–Crippen MR) is 85.8 cm³/mol. The molecule has 0 aliphatic heterocycles. The minimum absolute atomic E-state index is 0.321. The molecule has 4 heteroatoms. The van der Waals surface area contributed by atoms with E-state index >= 15 is 0 Å². The van der Waals surface area contributed by atoms with E-state index in [1.807, 2.05) is 0 Å². The van der Waals surface area contributed by atoms with E-state index in [9.17, 15) is 4.79 Å². The molecule has 1 aromatic heterocycles. The fourth-order valence-electron chi connectivity index (χ4n) is 2.60. The first-order valence-electron chi connectivity index (χ1n) is 8.42. The Hall–Kier alpha value is -1.32. The van der Waals surface area contributed by atoms with Gasteiger partial charge in [0.2, 0.25) is 0 Å². The van der Waals surface area contributed by atoms with Crippen LogP contribution in [0, 0.1) is 6.92 Å². The highest BCUT2D eigenvalue weighted by Crippen LogP contribution is 2.11. The van der Waals surface area contributed by atoms with Crippen molar-refractivity contribution in [2.24, 2.45) is 0 Å². The second-order valence-electron chi connectivity index (χ2n) is 5.88. The lowest BCUT2D eigenvalue weighted by molar-refractivity contribution is 0.0696. The van der Waals surface area contributed by atoms with Gasteiger partial charge in [0.05, 0.1) is 5.69 Å². The maximum atomic E-state index is 10.9. The third kappa shape index (κ3) is 7.30. The Morgan fingerprint density at radius 3 is 2.05 bits per heavy atom. The molecular weight excluding hydrogens is 264 g/mol. The average Bonchev–Trinajstić information content (AvgIpc) is 2.82. The maximum absolute atomic E-state index is 10.9. The largest absolute Gasteiger partial charge is 0.478 e. The van der Waals surface area contributed by atoms with Crippen molar-refractivity contribution in [2.75, 3.05) is 0 Å². The number of nitrogens with zero attached hydrogens (tertiary/aromatic N) is 2. The van der Waals surface area contributed by atoms with E-state index in [0.29, 0.717) is 11.3 Å². The summed E-state index contributed by atoms with van der Waals surface area (Å²) in [5.74, 6) is -0.887. The van der Waals surface area contributed by atoms with Crippen molar-refractivity contribution in [3.05, 3.63) is 17.5 Å². The van der Waals surface area contributed by atoms with E-state index in [0.717, 1.165) is 13.0 Å². The second-order valence-corrected chi connectivity index (χ2v) is 5.88. The van der Waals surface area contributed by atoms with Crippen molar-refractivity contribution in [1.82, 2.24) is 9.78 Å². The highest BCUT2D eigenvalue weighted by Gasteiger charge is 2.11. The van der Waals surface area contributed by atoms with Crippen molar-refractivity contribution in [1.29, 1.82) is 0 Å². The first-order chi connectivity index (χ1) is 10.1. The molecule has 1 rings (SSSR count). The van der Waals surface area contributed by atoms with E-state index in [1.54, 1.807) is 17.8 Å². The van der Waals surface area contributed by atoms with Crippen LogP contribution in [-0.2, 0) is 6.54 Å². The Morgan fingerprint density at radius 2 is 1.57 bits per heavy atom. The Balaban J connectivity index is 2.02. The summed E-state index contributed by atoms with van der Waals surface area (Å²) in [5, 5.41) is 13.2. The highest BCUT2D eigenvalue weighted by molar-refractivity contribution is 5.88. The maximum Gasteiger partial charge on any atom is 0.339 e. The molecular formula is C17H30N2O2. The molecule has 0 amide bonds. The molecule has 0 saturated heterocycles. The summed E-state index contributed by atoms with van der Waals surface area (Å²) in [6.45, 7) is 4.82. The van der Waals surface area contributed by atoms with Crippen LogP contribution in [0.5, 0.6) is 0 Å². The quantitative estimate of drug-likeness (QED) is 0.563. The lowest BCUT2D eigenvalue weighted by Gasteiger charge is -2.03. The summed E-state index contributed by atoms with van der Waals surface area (Å²) >= 11 is 0. The van der Waals surface area contributed by atoms with Gasteiger partial charge in [0.1, 0.15) is 5.56 Å². The van der Waals surface area contributed by atoms with Crippen LogP contribution in [0.3, 0.4) is 0 Å². The Labute approximate surface area is 128 Å². The number of carboxylic acid groups (broad SMARTS) is 1. The summed E-state index contributed by atoms with van der Waals surface area (Å²) in [5.41, 5.74) is 0.927. The van der Waals surface area contributed by atoms with Crippen LogP contribution in [-0.4, -0.2) is 20.9 Å². The number of carbonyl (C=O) groups is 1. The zero-order valence-electron chi connectivity index (χ0n) is 13.6. The number of aryl methyl sites for hydroxylation is 2. The van der Waals surface area contributed by atoms with E-state index in [2.05, 4.69) is 12.0 Å². The third-order valence-corrected chi connectivity index (χ3v) is 3.92. The van der Waals surface area contributed by atoms with Crippen LogP contribution in [0.4, 0.5) is 0 Å². The smallest absolute Gasteiger partial charge is 0.339 e. The van der Waals surface area contributed by atoms with Gasteiger partial charge in [0.15, 0.2) is 0 Å². The van der Waals surface area contributed by atoms with Crippen molar-refractivity contribution in [3.8, 4) is 0 Å². The summed E-state index contributed by atoms with van der Waals surface area (Å²) in [4.78, 5) is 10.9. The average molecular weight is 294 g/mol. The molecule has 0 radical (unpaired) electrons. The van der Waals surface area contributed by atoms with Crippen molar-refractivity contribution in [2.45, 2.75) is 84.6 Å². The normalized spacial score (nSPS) is 11.0. The topological polar surface area (TPSA) is 55.1 Å². The fraction of sp³-hybridized carbons (Fsp3) is 0.765. The van der Waals surface area contributed by atoms with Crippen molar-refractivity contribution in [3.63, 3.8) is 0 Å². The Kier molecular flexibility index (Phi) is 8.79. The Morgan fingerprint density at radius 1 is 1.05 bits per heavy atom. The number of aromatic carboxylic acids is 1. The van der Waals surface area contributed by atoms with Crippen molar-refractivity contribution < 1.29 is 9.90 Å². The van der Waals surface area contributed by atoms with Crippen LogP contribution in [0.1, 0.15) is 87.2 Å². The van der Waals surface area contributed by atoms with Crippen LogP contribution in [0.2, 0.25) is 0 Å². The van der Waals surface area contributed by atoms with Crippen LogP contribution >= 0.6 is 0 Å². The number of hydrogen-bond donors (Lipinski definition) is 1. The van der Waals surface area contributed by atoms with Crippen LogP contribution < -0.4 is 0 Å². The first kappa shape index (κ1) is 17.7. The Bertz CT molecular complexity index is 413. The monoisotopic (exact) mass is 294 g/mol. The van der Waals surface area contributed by atoms with Gasteiger partial charge in [-0.1, -0.05) is 64.7 Å². The van der Waals surface area contributed by atoms with E-state index in [4.69, 9.17) is 5.11 Å². The molecule has 0 bridgehead atoms. The van der Waals surface area contributed by atoms with Crippen LogP contribution in [0.15, 0.2) is 6.20 Å². The molecule has 0 aromatic carbocycles. The highest BCUT2D eigenvalue weighted by atomic mass is 16.4. The molecule has 0 aliphatic rings. The molecule has 0 unspecified atom stereocenters. The van der Waals surface area contributed by atoms with Gasteiger partial charge in [-0.05, 0) is 13.3 Å². The zero-order valence-corrected chi connectivity index (χ0v) is 13.6. The molecule has 1 aromatic rings. The minimum atomic E-state index is -0.887. The van der Waals surface area contributed by atoms with Gasteiger partial charge < -0.3 is 5.11 Å². The van der Waals surface area contributed by atoms with E-state index in [-0.39, 0.29) is 0 Å². The van der Waals surface area contributed by atoms with Gasteiger partial charge in [-0.25, -0.2) is 4.79 Å². The van der Waals surface area contributed by atoms with Gasteiger partial charge in [-0.2, -0.15) is 5.10 Å². The van der Waals surface area contributed by atoms with Gasteiger partial charge in [-0.15, -0.1) is 0 Å². The molecule has 0 atom stereocenters. The molecule has 0 saturated carbocycles. The summed E-state index contributed by atoms with van der Waals surface area (Å²) in [7, 11) is 0. The summed E-state index contributed by atoms with van der Waals surface area (Å²) in [6.07, 6.45) is 14.7. The SMILES string of the molecule is CCCCCCCCCCCCn1cc(C(=O)O)c(C)n1. The van der Waals surface area contributed by atoms with E-state index < -0.39 is 5.97 Å². The number of aromatic nitrogens is 2. The number of carboxylic acids is 1. The molecule has 21 heavy (non-hydrogen) atoms. The third-order valence-electron chi connectivity index (χ3n) is 3.92. The van der Waals surface area contributed by atoms with Gasteiger partial charge in [-0.3, -0.25) is 4.68 Å². The fourth-order valence-corrected chi connectivity index (χ4v) is 2.60. The molecule has 120 valence electrons. The number of rotatable bonds is 12. The molecule has 0 spiro atoms.